The summed E-state index contributed by atoms with van der Waals surface area (Å²) in [5.41, 5.74) is 6.46. The summed E-state index contributed by atoms with van der Waals surface area (Å²) >= 11 is 0. The number of carboxylic acid groups (broad SMARTS) is 1. The lowest BCUT2D eigenvalue weighted by Crippen LogP contribution is -2.47. The number of hydrogen-bond acceptors (Lipinski definition) is 3. The topological polar surface area (TPSA) is 72.5 Å². The Hall–Kier alpha value is -1.55. The van der Waals surface area contributed by atoms with Gasteiger partial charge in [0.1, 0.15) is 11.3 Å². The minimum atomic E-state index is -1.29. The molecule has 1 aromatic carbocycles. The van der Waals surface area contributed by atoms with Crippen LogP contribution in [-0.4, -0.2) is 18.2 Å². The maximum absolute atomic E-state index is 11.7. The van der Waals surface area contributed by atoms with Crippen LogP contribution in [0.2, 0.25) is 0 Å². The predicted molar refractivity (Wildman–Crippen MR) is 77.9 cm³/mol. The van der Waals surface area contributed by atoms with E-state index in [1.54, 1.807) is 13.2 Å². The summed E-state index contributed by atoms with van der Waals surface area (Å²) in [6, 6.07) is 5.49. The Kier molecular flexibility index (Phi) is 3.54. The highest BCUT2D eigenvalue weighted by molar-refractivity contribution is 5.81. The van der Waals surface area contributed by atoms with E-state index in [0.717, 1.165) is 24.2 Å². The lowest BCUT2D eigenvalue weighted by atomic mass is 9.80. The molecule has 1 saturated carbocycles. The van der Waals surface area contributed by atoms with Crippen LogP contribution in [0.5, 0.6) is 5.75 Å². The third-order valence-electron chi connectivity index (χ3n) is 4.06. The molecule has 1 atom stereocenters. The van der Waals surface area contributed by atoms with E-state index in [4.69, 9.17) is 10.5 Å². The van der Waals surface area contributed by atoms with Crippen molar-refractivity contribution >= 4 is 5.97 Å². The molecule has 0 bridgehead atoms. The fraction of sp³-hybridized carbons (Fsp3) is 0.562. The highest BCUT2D eigenvalue weighted by atomic mass is 16.5. The molecule has 1 unspecified atom stereocenters. The van der Waals surface area contributed by atoms with Gasteiger partial charge in [-0.25, -0.2) is 4.79 Å². The third kappa shape index (κ3) is 2.40. The van der Waals surface area contributed by atoms with Crippen molar-refractivity contribution in [2.24, 2.45) is 11.7 Å². The first kappa shape index (κ1) is 14.9. The van der Waals surface area contributed by atoms with Crippen molar-refractivity contribution < 1.29 is 14.6 Å². The van der Waals surface area contributed by atoms with Gasteiger partial charge in [-0.2, -0.15) is 0 Å². The van der Waals surface area contributed by atoms with Crippen molar-refractivity contribution in [1.29, 1.82) is 0 Å². The van der Waals surface area contributed by atoms with E-state index < -0.39 is 11.5 Å². The molecule has 4 heteroatoms. The molecule has 1 aliphatic carbocycles. The number of carboxylic acids is 1. The average molecular weight is 277 g/mol. The number of nitrogens with two attached hydrogens (primary N) is 1. The van der Waals surface area contributed by atoms with E-state index >= 15 is 0 Å². The Labute approximate surface area is 119 Å². The Morgan fingerprint density at radius 2 is 1.95 bits per heavy atom. The lowest BCUT2D eigenvalue weighted by molar-refractivity contribution is -0.144. The number of benzene rings is 1. The van der Waals surface area contributed by atoms with Crippen LogP contribution in [0, 0.1) is 5.92 Å². The molecule has 110 valence electrons. The second kappa shape index (κ2) is 4.77. The molecule has 0 saturated heterocycles. The van der Waals surface area contributed by atoms with Crippen LogP contribution in [0.3, 0.4) is 0 Å². The SMILES string of the molecule is COc1ccc(C(N)(C(=O)O)C2CC2)cc1C(C)(C)C. The van der Waals surface area contributed by atoms with Crippen molar-refractivity contribution in [2.75, 3.05) is 7.11 Å². The molecule has 1 fully saturated rings. The largest absolute Gasteiger partial charge is 0.496 e. The van der Waals surface area contributed by atoms with Crippen LogP contribution in [0.15, 0.2) is 18.2 Å². The van der Waals surface area contributed by atoms with Crippen molar-refractivity contribution in [1.82, 2.24) is 0 Å². The summed E-state index contributed by atoms with van der Waals surface area (Å²) < 4.78 is 5.39. The highest BCUT2D eigenvalue weighted by Gasteiger charge is 2.49. The van der Waals surface area contributed by atoms with Gasteiger partial charge in [0.15, 0.2) is 0 Å². The minimum absolute atomic E-state index is 0.0289. The minimum Gasteiger partial charge on any atom is -0.496 e. The first-order valence-electron chi connectivity index (χ1n) is 6.92. The Morgan fingerprint density at radius 1 is 1.35 bits per heavy atom. The molecule has 3 N–H and O–H groups in total. The fourth-order valence-corrected chi connectivity index (χ4v) is 2.62. The van der Waals surface area contributed by atoms with E-state index in [-0.39, 0.29) is 11.3 Å². The van der Waals surface area contributed by atoms with Crippen LogP contribution < -0.4 is 10.5 Å². The summed E-state index contributed by atoms with van der Waals surface area (Å²) in [5.74, 6) is -0.156. The standard InChI is InChI=1S/C16H23NO3/c1-15(2,3)12-9-11(7-8-13(12)20-4)16(17,14(18)19)10-5-6-10/h7-10H,5-6,17H2,1-4H3,(H,18,19). The molecule has 0 radical (unpaired) electrons. The van der Waals surface area contributed by atoms with Gasteiger partial charge in [0.25, 0.3) is 0 Å². The Balaban J connectivity index is 2.55. The molecule has 0 aliphatic heterocycles. The molecule has 4 nitrogen and oxygen atoms in total. The van der Waals surface area contributed by atoms with Gasteiger partial charge in [0, 0.05) is 0 Å². The van der Waals surface area contributed by atoms with Crippen LogP contribution in [-0.2, 0) is 15.7 Å². The number of carbonyl (C=O) groups is 1. The second-order valence-corrected chi connectivity index (χ2v) is 6.61. The number of methoxy groups -OCH3 is 1. The first-order chi connectivity index (χ1) is 9.21. The molecule has 0 amide bonds. The molecular formula is C16H23NO3. The zero-order chi connectivity index (χ0) is 15.1. The van der Waals surface area contributed by atoms with Gasteiger partial charge in [-0.05, 0) is 47.4 Å². The van der Waals surface area contributed by atoms with Gasteiger partial charge in [0.2, 0.25) is 0 Å². The molecule has 1 aliphatic rings. The molecule has 20 heavy (non-hydrogen) atoms. The third-order valence-corrected chi connectivity index (χ3v) is 4.06. The summed E-state index contributed by atoms with van der Waals surface area (Å²) in [7, 11) is 1.62. The maximum Gasteiger partial charge on any atom is 0.328 e. The van der Waals surface area contributed by atoms with E-state index in [0.29, 0.717) is 5.56 Å². The van der Waals surface area contributed by atoms with Gasteiger partial charge < -0.3 is 15.6 Å². The average Bonchev–Trinajstić information content (AvgIpc) is 3.20. The van der Waals surface area contributed by atoms with Crippen molar-refractivity contribution in [3.8, 4) is 5.75 Å². The fourth-order valence-electron chi connectivity index (χ4n) is 2.62. The number of hydrogen-bond donors (Lipinski definition) is 2. The van der Waals surface area contributed by atoms with Crippen molar-refractivity contribution in [3.63, 3.8) is 0 Å². The normalized spacial score (nSPS) is 18.4. The highest BCUT2D eigenvalue weighted by Crippen LogP contribution is 2.45. The quantitative estimate of drug-likeness (QED) is 0.887. The van der Waals surface area contributed by atoms with Crippen molar-refractivity contribution in [3.05, 3.63) is 29.3 Å². The molecule has 0 spiro atoms. The smallest absolute Gasteiger partial charge is 0.328 e. The van der Waals surface area contributed by atoms with E-state index in [1.807, 2.05) is 12.1 Å². The molecule has 0 heterocycles. The monoisotopic (exact) mass is 277 g/mol. The van der Waals surface area contributed by atoms with Gasteiger partial charge >= 0.3 is 5.97 Å². The molecule has 0 aromatic heterocycles. The van der Waals surface area contributed by atoms with Gasteiger partial charge in [-0.3, -0.25) is 0 Å². The molecule has 2 rings (SSSR count). The zero-order valence-corrected chi connectivity index (χ0v) is 12.6. The van der Waals surface area contributed by atoms with Crippen LogP contribution in [0.25, 0.3) is 0 Å². The van der Waals surface area contributed by atoms with E-state index in [9.17, 15) is 9.90 Å². The molecule has 1 aromatic rings. The van der Waals surface area contributed by atoms with Crippen LogP contribution >= 0.6 is 0 Å². The second-order valence-electron chi connectivity index (χ2n) is 6.61. The van der Waals surface area contributed by atoms with Gasteiger partial charge in [-0.15, -0.1) is 0 Å². The lowest BCUT2D eigenvalue weighted by Gasteiger charge is -2.29. The molecular weight excluding hydrogens is 254 g/mol. The van der Waals surface area contributed by atoms with E-state index in [1.165, 1.54) is 0 Å². The summed E-state index contributed by atoms with van der Waals surface area (Å²) in [6.07, 6.45) is 1.75. The number of aliphatic carboxylic acids is 1. The predicted octanol–water partition coefficient (Wildman–Crippen LogP) is 2.64. The van der Waals surface area contributed by atoms with Crippen LogP contribution in [0.1, 0.15) is 44.7 Å². The number of ether oxygens (including phenoxy) is 1. The van der Waals surface area contributed by atoms with Crippen LogP contribution in [0.4, 0.5) is 0 Å². The summed E-state index contributed by atoms with van der Waals surface area (Å²) in [5, 5.41) is 9.56. The Bertz CT molecular complexity index is 529. The zero-order valence-electron chi connectivity index (χ0n) is 12.6. The van der Waals surface area contributed by atoms with Crippen molar-refractivity contribution in [2.45, 2.75) is 44.6 Å². The van der Waals surface area contributed by atoms with Gasteiger partial charge in [-0.1, -0.05) is 26.8 Å². The Morgan fingerprint density at radius 3 is 2.35 bits per heavy atom. The van der Waals surface area contributed by atoms with Gasteiger partial charge in [0.05, 0.1) is 7.11 Å². The first-order valence-corrected chi connectivity index (χ1v) is 6.92. The maximum atomic E-state index is 11.7. The van der Waals surface area contributed by atoms with E-state index in [2.05, 4.69) is 20.8 Å². The summed E-state index contributed by atoms with van der Waals surface area (Å²) in [4.78, 5) is 11.7. The summed E-state index contributed by atoms with van der Waals surface area (Å²) in [6.45, 7) is 6.22. The number of rotatable bonds is 4.